The quantitative estimate of drug-likeness (QED) is 0.689. The molecule has 0 radical (unpaired) electrons. The lowest BCUT2D eigenvalue weighted by molar-refractivity contribution is 0.0699. The number of anilines is 2. The van der Waals surface area contributed by atoms with Crippen molar-refractivity contribution in [3.05, 3.63) is 66.2 Å². The van der Waals surface area contributed by atoms with Crippen molar-refractivity contribution in [2.45, 2.75) is 0 Å². The Morgan fingerprint density at radius 3 is 2.46 bits per heavy atom. The molecule has 1 saturated heterocycles. The normalized spacial score (nSPS) is 14.9. The van der Waals surface area contributed by atoms with E-state index in [0.717, 1.165) is 39.3 Å². The molecule has 6 nitrogen and oxygen atoms in total. The first-order chi connectivity index (χ1) is 13.7. The first-order valence-corrected chi connectivity index (χ1v) is 9.60. The van der Waals surface area contributed by atoms with Gasteiger partial charge in [0.25, 0.3) is 0 Å². The number of fused-ring (bicyclic) bond motifs is 1. The average Bonchev–Trinajstić information content (AvgIpc) is 2.74. The second kappa shape index (κ2) is 8.27. The van der Waals surface area contributed by atoms with Crippen molar-refractivity contribution < 1.29 is 9.90 Å². The monoisotopic (exact) mass is 376 g/mol. The van der Waals surface area contributed by atoms with E-state index < -0.39 is 5.97 Å². The van der Waals surface area contributed by atoms with Gasteiger partial charge in [0.15, 0.2) is 0 Å². The van der Waals surface area contributed by atoms with Gasteiger partial charge in [-0.3, -0.25) is 4.90 Å². The summed E-state index contributed by atoms with van der Waals surface area (Å²) in [6.07, 6.45) is 0. The van der Waals surface area contributed by atoms with Gasteiger partial charge in [0.2, 0.25) is 0 Å². The van der Waals surface area contributed by atoms with Crippen LogP contribution in [0.5, 0.6) is 0 Å². The maximum Gasteiger partial charge on any atom is 0.336 e. The van der Waals surface area contributed by atoms with Crippen molar-refractivity contribution in [3.63, 3.8) is 0 Å². The molecule has 0 saturated carbocycles. The van der Waals surface area contributed by atoms with E-state index in [2.05, 4.69) is 44.4 Å². The van der Waals surface area contributed by atoms with E-state index in [1.807, 2.05) is 24.3 Å². The average molecular weight is 376 g/mol. The first-order valence-electron chi connectivity index (χ1n) is 9.60. The summed E-state index contributed by atoms with van der Waals surface area (Å²) < 4.78 is 0. The SMILES string of the molecule is O=C(O)c1cc(NCCN2CCN(c3ccccc3)CC2)nc2ccccc12. The third-order valence-corrected chi connectivity index (χ3v) is 5.17. The van der Waals surface area contributed by atoms with E-state index in [4.69, 9.17) is 0 Å². The summed E-state index contributed by atoms with van der Waals surface area (Å²) in [5.41, 5.74) is 2.26. The van der Waals surface area contributed by atoms with Gasteiger partial charge in [0.05, 0.1) is 11.1 Å². The lowest BCUT2D eigenvalue weighted by Gasteiger charge is -2.36. The Morgan fingerprint density at radius 1 is 1.00 bits per heavy atom. The number of nitrogens with zero attached hydrogens (tertiary/aromatic N) is 3. The topological polar surface area (TPSA) is 68.7 Å². The van der Waals surface area contributed by atoms with Crippen LogP contribution in [0.2, 0.25) is 0 Å². The van der Waals surface area contributed by atoms with Crippen LogP contribution in [-0.2, 0) is 0 Å². The van der Waals surface area contributed by atoms with Crippen molar-refractivity contribution in [1.29, 1.82) is 0 Å². The summed E-state index contributed by atoms with van der Waals surface area (Å²) in [5.74, 6) is -0.322. The highest BCUT2D eigenvalue weighted by Crippen LogP contribution is 2.21. The number of hydrogen-bond acceptors (Lipinski definition) is 5. The molecular formula is C22H24N4O2. The minimum atomic E-state index is -0.932. The van der Waals surface area contributed by atoms with Gasteiger partial charge in [-0.2, -0.15) is 0 Å². The first kappa shape index (κ1) is 18.3. The van der Waals surface area contributed by atoms with Gasteiger partial charge in [-0.1, -0.05) is 36.4 Å². The van der Waals surface area contributed by atoms with Crippen LogP contribution in [0.1, 0.15) is 10.4 Å². The van der Waals surface area contributed by atoms with E-state index in [1.165, 1.54) is 5.69 Å². The summed E-state index contributed by atoms with van der Waals surface area (Å²) >= 11 is 0. The predicted molar refractivity (Wildman–Crippen MR) is 112 cm³/mol. The van der Waals surface area contributed by atoms with Crippen LogP contribution >= 0.6 is 0 Å². The Kier molecular flexibility index (Phi) is 5.39. The van der Waals surface area contributed by atoms with Gasteiger partial charge in [0.1, 0.15) is 5.82 Å². The Balaban J connectivity index is 1.33. The number of carboxylic acids is 1. The minimum absolute atomic E-state index is 0.282. The summed E-state index contributed by atoms with van der Waals surface area (Å²) in [5, 5.41) is 13.4. The molecule has 2 aromatic carbocycles. The van der Waals surface area contributed by atoms with Crippen molar-refractivity contribution in [1.82, 2.24) is 9.88 Å². The Morgan fingerprint density at radius 2 is 1.71 bits per heavy atom. The maximum atomic E-state index is 11.6. The molecule has 4 rings (SSSR count). The number of benzene rings is 2. The molecule has 1 aliphatic rings. The number of pyridine rings is 1. The van der Waals surface area contributed by atoms with Crippen LogP contribution in [0.15, 0.2) is 60.7 Å². The fraction of sp³-hybridized carbons (Fsp3) is 0.273. The predicted octanol–water partition coefficient (Wildman–Crippen LogP) is 3.17. The standard InChI is InChI=1S/C22H24N4O2/c27-22(28)19-16-21(24-20-9-5-4-8-18(19)20)23-10-11-25-12-14-26(15-13-25)17-6-2-1-3-7-17/h1-9,16H,10-15H2,(H,23,24)(H,27,28). The smallest absolute Gasteiger partial charge is 0.336 e. The number of hydrogen-bond donors (Lipinski definition) is 2. The second-order valence-electron chi connectivity index (χ2n) is 6.97. The van der Waals surface area contributed by atoms with E-state index >= 15 is 0 Å². The largest absolute Gasteiger partial charge is 0.478 e. The molecule has 3 aromatic rings. The molecule has 28 heavy (non-hydrogen) atoms. The van der Waals surface area contributed by atoms with E-state index in [9.17, 15) is 9.90 Å². The summed E-state index contributed by atoms with van der Waals surface area (Å²) in [6.45, 7) is 5.70. The molecule has 0 amide bonds. The lowest BCUT2D eigenvalue weighted by atomic mass is 10.1. The van der Waals surface area contributed by atoms with E-state index in [0.29, 0.717) is 16.7 Å². The third kappa shape index (κ3) is 4.07. The van der Waals surface area contributed by atoms with Gasteiger partial charge < -0.3 is 15.3 Å². The Hall–Kier alpha value is -3.12. The highest BCUT2D eigenvalue weighted by Gasteiger charge is 2.17. The van der Waals surface area contributed by atoms with Gasteiger partial charge in [-0.05, 0) is 24.3 Å². The molecule has 0 bridgehead atoms. The van der Waals surface area contributed by atoms with Gasteiger partial charge in [-0.25, -0.2) is 9.78 Å². The molecule has 6 heteroatoms. The Bertz CT molecular complexity index is 953. The van der Waals surface area contributed by atoms with Crippen LogP contribution < -0.4 is 10.2 Å². The molecule has 0 aliphatic carbocycles. The minimum Gasteiger partial charge on any atom is -0.478 e. The van der Waals surface area contributed by atoms with Crippen molar-refractivity contribution in [3.8, 4) is 0 Å². The van der Waals surface area contributed by atoms with Crippen LogP contribution in [0.3, 0.4) is 0 Å². The molecule has 0 spiro atoms. The van der Waals surface area contributed by atoms with Crippen LogP contribution in [0.25, 0.3) is 10.9 Å². The van der Waals surface area contributed by atoms with Gasteiger partial charge in [0, 0.05) is 50.3 Å². The lowest BCUT2D eigenvalue weighted by Crippen LogP contribution is -2.47. The zero-order valence-corrected chi connectivity index (χ0v) is 15.7. The molecular weight excluding hydrogens is 352 g/mol. The maximum absolute atomic E-state index is 11.6. The van der Waals surface area contributed by atoms with Crippen molar-refractivity contribution in [2.75, 3.05) is 49.5 Å². The number of carbonyl (C=O) groups is 1. The van der Waals surface area contributed by atoms with E-state index in [1.54, 1.807) is 12.1 Å². The van der Waals surface area contributed by atoms with Gasteiger partial charge >= 0.3 is 5.97 Å². The van der Waals surface area contributed by atoms with Crippen molar-refractivity contribution in [2.24, 2.45) is 0 Å². The highest BCUT2D eigenvalue weighted by molar-refractivity contribution is 6.03. The van der Waals surface area contributed by atoms with Crippen LogP contribution in [-0.4, -0.2) is 60.2 Å². The zero-order valence-electron chi connectivity index (χ0n) is 15.7. The molecule has 2 N–H and O–H groups in total. The number of para-hydroxylation sites is 2. The number of carboxylic acid groups (broad SMARTS) is 1. The number of rotatable bonds is 6. The third-order valence-electron chi connectivity index (χ3n) is 5.17. The summed E-state index contributed by atoms with van der Waals surface area (Å²) in [7, 11) is 0. The fourth-order valence-electron chi connectivity index (χ4n) is 3.65. The fourth-order valence-corrected chi connectivity index (χ4v) is 3.65. The molecule has 144 valence electrons. The van der Waals surface area contributed by atoms with Crippen LogP contribution in [0, 0.1) is 0 Å². The molecule has 2 heterocycles. The summed E-state index contributed by atoms with van der Waals surface area (Å²) in [6, 6.07) is 19.5. The van der Waals surface area contributed by atoms with Crippen LogP contribution in [0.4, 0.5) is 11.5 Å². The number of aromatic carboxylic acids is 1. The second-order valence-corrected chi connectivity index (χ2v) is 6.97. The number of aromatic nitrogens is 1. The summed E-state index contributed by atoms with van der Waals surface area (Å²) in [4.78, 5) is 21.0. The number of piperazine rings is 1. The molecule has 0 atom stereocenters. The number of nitrogens with one attached hydrogen (secondary N) is 1. The Labute approximate surface area is 164 Å². The van der Waals surface area contributed by atoms with E-state index in [-0.39, 0.29) is 5.56 Å². The molecule has 0 unspecified atom stereocenters. The van der Waals surface area contributed by atoms with Gasteiger partial charge in [-0.15, -0.1) is 0 Å². The molecule has 1 aliphatic heterocycles. The highest BCUT2D eigenvalue weighted by atomic mass is 16.4. The zero-order chi connectivity index (χ0) is 19.3. The molecule has 1 aromatic heterocycles. The molecule has 1 fully saturated rings. The van der Waals surface area contributed by atoms with Crippen molar-refractivity contribution >= 4 is 28.4 Å².